The zero-order valence-corrected chi connectivity index (χ0v) is 13.8. The fourth-order valence-corrected chi connectivity index (χ4v) is 2.99. The maximum Gasteiger partial charge on any atom is 0.251 e. The van der Waals surface area contributed by atoms with Gasteiger partial charge in [0.15, 0.2) is 0 Å². The topological polar surface area (TPSA) is 38.3 Å². The van der Waals surface area contributed by atoms with Crippen molar-refractivity contribution in [3.8, 4) is 0 Å². The van der Waals surface area contributed by atoms with Crippen LogP contribution in [0.4, 0.5) is 0 Å². The summed E-state index contributed by atoms with van der Waals surface area (Å²) in [5, 5.41) is 2.90. The summed E-state index contributed by atoms with van der Waals surface area (Å²) in [6, 6.07) is 5.52. The number of nitrogens with one attached hydrogen (secondary N) is 1. The van der Waals surface area contributed by atoms with Crippen molar-refractivity contribution in [2.45, 2.75) is 19.3 Å². The van der Waals surface area contributed by atoms with Crippen molar-refractivity contribution in [1.29, 1.82) is 0 Å². The van der Waals surface area contributed by atoms with E-state index in [4.69, 9.17) is 4.74 Å². The van der Waals surface area contributed by atoms with E-state index in [1.807, 2.05) is 18.2 Å². The van der Waals surface area contributed by atoms with E-state index in [1.54, 1.807) is 0 Å². The number of hydrogen-bond donors (Lipinski definition) is 1. The van der Waals surface area contributed by atoms with Gasteiger partial charge < -0.3 is 10.1 Å². The zero-order chi connectivity index (χ0) is 13.7. The number of halogens is 2. The third-order valence-electron chi connectivity index (χ3n) is 2.93. The Bertz CT molecular complexity index is 427. The van der Waals surface area contributed by atoms with Gasteiger partial charge in [-0.05, 0) is 43.4 Å². The minimum absolute atomic E-state index is 0.0517. The molecule has 1 aromatic carbocycles. The Morgan fingerprint density at radius 3 is 2.58 bits per heavy atom. The lowest BCUT2D eigenvalue weighted by Gasteiger charge is -2.07. The minimum Gasteiger partial charge on any atom is -0.381 e. The Balaban J connectivity index is 1.65. The van der Waals surface area contributed by atoms with Crippen LogP contribution in [0.3, 0.4) is 0 Å². The van der Waals surface area contributed by atoms with Gasteiger partial charge in [0.1, 0.15) is 0 Å². The van der Waals surface area contributed by atoms with E-state index in [2.05, 4.69) is 37.2 Å². The molecule has 0 aliphatic heterocycles. The summed E-state index contributed by atoms with van der Waals surface area (Å²) in [4.78, 5) is 11.9. The van der Waals surface area contributed by atoms with Crippen LogP contribution in [0, 0.1) is 5.92 Å². The quantitative estimate of drug-likeness (QED) is 0.720. The molecular formula is C14H17Br2NO2. The van der Waals surface area contributed by atoms with E-state index in [9.17, 15) is 4.79 Å². The Labute approximate surface area is 130 Å². The van der Waals surface area contributed by atoms with E-state index in [-0.39, 0.29) is 5.91 Å². The van der Waals surface area contributed by atoms with Crippen molar-refractivity contribution in [3.05, 3.63) is 32.7 Å². The van der Waals surface area contributed by atoms with Crippen molar-refractivity contribution < 1.29 is 9.53 Å². The molecule has 1 amide bonds. The maximum absolute atomic E-state index is 11.9. The molecule has 0 bridgehead atoms. The number of carbonyl (C=O) groups excluding carboxylic acids is 1. The normalized spacial score (nSPS) is 14.4. The Morgan fingerprint density at radius 2 is 1.95 bits per heavy atom. The third kappa shape index (κ3) is 5.63. The second-order valence-corrected chi connectivity index (χ2v) is 6.62. The highest BCUT2D eigenvalue weighted by Crippen LogP contribution is 2.28. The predicted molar refractivity (Wildman–Crippen MR) is 82.3 cm³/mol. The summed E-state index contributed by atoms with van der Waals surface area (Å²) in [5.74, 6) is 0.748. The highest BCUT2D eigenvalue weighted by Gasteiger charge is 2.20. The first-order valence-electron chi connectivity index (χ1n) is 6.47. The van der Waals surface area contributed by atoms with E-state index in [1.165, 1.54) is 12.8 Å². The van der Waals surface area contributed by atoms with Crippen molar-refractivity contribution >= 4 is 37.8 Å². The van der Waals surface area contributed by atoms with Gasteiger partial charge in [-0.25, -0.2) is 0 Å². The first-order valence-corrected chi connectivity index (χ1v) is 8.06. The molecule has 1 aliphatic rings. The monoisotopic (exact) mass is 389 g/mol. The van der Waals surface area contributed by atoms with E-state index >= 15 is 0 Å². The summed E-state index contributed by atoms with van der Waals surface area (Å²) in [5.41, 5.74) is 0.653. The van der Waals surface area contributed by atoms with Gasteiger partial charge in [0.05, 0.1) is 0 Å². The molecule has 2 rings (SSSR count). The smallest absolute Gasteiger partial charge is 0.251 e. The fraction of sp³-hybridized carbons (Fsp3) is 0.500. The number of hydrogen-bond acceptors (Lipinski definition) is 2. The molecule has 3 nitrogen and oxygen atoms in total. The lowest BCUT2D eigenvalue weighted by atomic mass is 10.2. The van der Waals surface area contributed by atoms with Crippen molar-refractivity contribution in [2.75, 3.05) is 19.8 Å². The first-order chi connectivity index (χ1) is 9.15. The van der Waals surface area contributed by atoms with Crippen molar-refractivity contribution in [2.24, 2.45) is 5.92 Å². The molecule has 1 saturated carbocycles. The summed E-state index contributed by atoms with van der Waals surface area (Å²) in [6.07, 6.45) is 3.48. The second kappa shape index (κ2) is 7.41. The molecule has 0 aromatic heterocycles. The van der Waals surface area contributed by atoms with Crippen LogP contribution >= 0.6 is 31.9 Å². The number of rotatable bonds is 7. The van der Waals surface area contributed by atoms with Gasteiger partial charge >= 0.3 is 0 Å². The molecule has 1 N–H and O–H groups in total. The van der Waals surface area contributed by atoms with Crippen LogP contribution in [0.15, 0.2) is 27.1 Å². The van der Waals surface area contributed by atoms with Gasteiger partial charge in [0.25, 0.3) is 5.91 Å². The second-order valence-electron chi connectivity index (χ2n) is 4.79. The molecule has 5 heteroatoms. The van der Waals surface area contributed by atoms with Gasteiger partial charge in [-0.15, -0.1) is 0 Å². The Hall–Kier alpha value is -0.390. The van der Waals surface area contributed by atoms with Crippen LogP contribution in [0.5, 0.6) is 0 Å². The van der Waals surface area contributed by atoms with Crippen molar-refractivity contribution in [3.63, 3.8) is 0 Å². The molecule has 0 spiro atoms. The summed E-state index contributed by atoms with van der Waals surface area (Å²) < 4.78 is 7.29. The standard InChI is InChI=1S/C14H17Br2NO2/c15-12-6-11(7-13(16)8-12)14(18)17-4-1-5-19-9-10-2-3-10/h6-8,10H,1-5,9H2,(H,17,18). The largest absolute Gasteiger partial charge is 0.381 e. The number of ether oxygens (including phenoxy) is 1. The predicted octanol–water partition coefficient (Wildman–Crippen LogP) is 3.76. The van der Waals surface area contributed by atoms with E-state index < -0.39 is 0 Å². The number of amides is 1. The first kappa shape index (κ1) is 15.0. The fourth-order valence-electron chi connectivity index (χ4n) is 1.70. The highest BCUT2D eigenvalue weighted by molar-refractivity contribution is 9.11. The molecule has 0 saturated heterocycles. The molecule has 0 heterocycles. The van der Waals surface area contributed by atoms with E-state index in [0.717, 1.165) is 34.5 Å². The number of carbonyl (C=O) groups is 1. The van der Waals surface area contributed by atoms with E-state index in [0.29, 0.717) is 12.1 Å². The van der Waals surface area contributed by atoms with Crippen LogP contribution in [0.1, 0.15) is 29.6 Å². The number of benzene rings is 1. The molecule has 0 unspecified atom stereocenters. The lowest BCUT2D eigenvalue weighted by molar-refractivity contribution is 0.0937. The van der Waals surface area contributed by atoms with Crippen molar-refractivity contribution in [1.82, 2.24) is 5.32 Å². The maximum atomic E-state index is 11.9. The third-order valence-corrected chi connectivity index (χ3v) is 3.84. The van der Waals surface area contributed by atoms with Crippen LogP contribution in [-0.4, -0.2) is 25.7 Å². The average Bonchev–Trinajstić information content (AvgIpc) is 3.16. The molecule has 104 valence electrons. The van der Waals surface area contributed by atoms with Gasteiger partial charge in [0.2, 0.25) is 0 Å². The van der Waals surface area contributed by atoms with Gasteiger partial charge in [-0.3, -0.25) is 4.79 Å². The summed E-state index contributed by atoms with van der Waals surface area (Å²) in [6.45, 7) is 2.25. The zero-order valence-electron chi connectivity index (χ0n) is 10.6. The summed E-state index contributed by atoms with van der Waals surface area (Å²) >= 11 is 6.75. The van der Waals surface area contributed by atoms with Gasteiger partial charge in [0, 0.05) is 34.3 Å². The average molecular weight is 391 g/mol. The highest BCUT2D eigenvalue weighted by atomic mass is 79.9. The van der Waals surface area contributed by atoms with Crippen LogP contribution in [0.2, 0.25) is 0 Å². The molecule has 1 aromatic rings. The SMILES string of the molecule is O=C(NCCCOCC1CC1)c1cc(Br)cc(Br)c1. The molecule has 1 aliphatic carbocycles. The molecule has 19 heavy (non-hydrogen) atoms. The van der Waals surface area contributed by atoms with Crippen LogP contribution < -0.4 is 5.32 Å². The molecule has 0 atom stereocenters. The molecule has 1 fully saturated rings. The minimum atomic E-state index is -0.0517. The Morgan fingerprint density at radius 1 is 1.26 bits per heavy atom. The van der Waals surface area contributed by atoms with Gasteiger partial charge in [-0.1, -0.05) is 31.9 Å². The molecule has 0 radical (unpaired) electrons. The van der Waals surface area contributed by atoms with Crippen LogP contribution in [0.25, 0.3) is 0 Å². The van der Waals surface area contributed by atoms with Gasteiger partial charge in [-0.2, -0.15) is 0 Å². The molecular weight excluding hydrogens is 374 g/mol. The van der Waals surface area contributed by atoms with Crippen LogP contribution in [-0.2, 0) is 4.74 Å². The Kier molecular flexibility index (Phi) is 5.85. The summed E-state index contributed by atoms with van der Waals surface area (Å²) in [7, 11) is 0. The lowest BCUT2D eigenvalue weighted by Crippen LogP contribution is -2.25.